The molecule has 1 aromatic heterocycles. The Bertz CT molecular complexity index is 562. The fourth-order valence-corrected chi connectivity index (χ4v) is 2.17. The summed E-state index contributed by atoms with van der Waals surface area (Å²) in [5.74, 6) is -0.362. The number of rotatable bonds is 7. The molecule has 0 saturated carbocycles. The molecule has 1 aliphatic rings. The van der Waals surface area contributed by atoms with Crippen LogP contribution in [0.3, 0.4) is 0 Å². The van der Waals surface area contributed by atoms with Crippen molar-refractivity contribution in [1.29, 1.82) is 5.26 Å². The summed E-state index contributed by atoms with van der Waals surface area (Å²) in [6.07, 6.45) is 4.87. The predicted molar refractivity (Wildman–Crippen MR) is 85.0 cm³/mol. The van der Waals surface area contributed by atoms with Crippen molar-refractivity contribution in [2.24, 2.45) is 0 Å². The lowest BCUT2D eigenvalue weighted by Crippen LogP contribution is -2.41. The smallest absolute Gasteiger partial charge is 0.263 e. The average Bonchev–Trinajstić information content (AvgIpc) is 2.60. The molecule has 1 amide bonds. The van der Waals surface area contributed by atoms with Crippen LogP contribution in [0.1, 0.15) is 5.56 Å². The number of carbonyl (C=O) groups excluding carboxylic acids is 1. The first-order valence-corrected chi connectivity index (χ1v) is 7.60. The first kappa shape index (κ1) is 16.9. The van der Waals surface area contributed by atoms with E-state index in [0.717, 1.165) is 38.4 Å². The average molecular weight is 315 g/mol. The van der Waals surface area contributed by atoms with Crippen molar-refractivity contribution in [3.63, 3.8) is 0 Å². The van der Waals surface area contributed by atoms with E-state index in [0.29, 0.717) is 13.1 Å². The van der Waals surface area contributed by atoms with Gasteiger partial charge in [0, 0.05) is 51.3 Å². The fourth-order valence-electron chi connectivity index (χ4n) is 2.17. The topological polar surface area (TPSA) is 90.3 Å². The maximum absolute atomic E-state index is 12.0. The molecule has 2 N–H and O–H groups in total. The third-order valence-electron chi connectivity index (χ3n) is 3.46. The summed E-state index contributed by atoms with van der Waals surface area (Å²) in [4.78, 5) is 18.2. The summed E-state index contributed by atoms with van der Waals surface area (Å²) in [6.45, 7) is 5.01. The number of aromatic nitrogens is 1. The number of ether oxygens (including phenoxy) is 1. The summed E-state index contributed by atoms with van der Waals surface area (Å²) < 4.78 is 5.27. The van der Waals surface area contributed by atoms with Crippen LogP contribution in [0.2, 0.25) is 0 Å². The molecule has 23 heavy (non-hydrogen) atoms. The van der Waals surface area contributed by atoms with Crippen LogP contribution in [0.5, 0.6) is 0 Å². The van der Waals surface area contributed by atoms with Crippen molar-refractivity contribution in [2.45, 2.75) is 6.54 Å². The summed E-state index contributed by atoms with van der Waals surface area (Å²) in [6, 6.07) is 5.67. The third kappa shape index (κ3) is 6.06. The van der Waals surface area contributed by atoms with Crippen LogP contribution in [0.4, 0.5) is 0 Å². The number of pyridine rings is 1. The Hall–Kier alpha value is -2.43. The van der Waals surface area contributed by atoms with Crippen molar-refractivity contribution >= 4 is 5.91 Å². The lowest BCUT2D eigenvalue weighted by Gasteiger charge is -2.26. The highest BCUT2D eigenvalue weighted by Gasteiger charge is 2.12. The van der Waals surface area contributed by atoms with E-state index < -0.39 is 0 Å². The molecule has 0 spiro atoms. The Morgan fingerprint density at radius 1 is 1.48 bits per heavy atom. The van der Waals surface area contributed by atoms with E-state index in [2.05, 4.69) is 20.5 Å². The Morgan fingerprint density at radius 2 is 2.30 bits per heavy atom. The van der Waals surface area contributed by atoms with Crippen molar-refractivity contribution in [3.05, 3.63) is 41.9 Å². The Balaban J connectivity index is 1.72. The predicted octanol–water partition coefficient (Wildman–Crippen LogP) is 0.0271. The van der Waals surface area contributed by atoms with Crippen molar-refractivity contribution in [1.82, 2.24) is 20.5 Å². The van der Waals surface area contributed by atoms with Gasteiger partial charge in [0.15, 0.2) is 0 Å². The van der Waals surface area contributed by atoms with Gasteiger partial charge in [-0.1, -0.05) is 6.07 Å². The molecular weight excluding hydrogens is 294 g/mol. The van der Waals surface area contributed by atoms with E-state index in [9.17, 15) is 4.79 Å². The van der Waals surface area contributed by atoms with Gasteiger partial charge in [-0.2, -0.15) is 5.26 Å². The lowest BCUT2D eigenvalue weighted by molar-refractivity contribution is -0.117. The SMILES string of the molecule is N#C/C(=C/NCc1cccnc1)C(=O)NCCN1CCOCC1. The Kier molecular flexibility index (Phi) is 7.04. The number of nitriles is 1. The van der Waals surface area contributed by atoms with Crippen LogP contribution < -0.4 is 10.6 Å². The van der Waals surface area contributed by atoms with Crippen LogP contribution in [0.25, 0.3) is 0 Å². The molecule has 2 rings (SSSR count). The second-order valence-corrected chi connectivity index (χ2v) is 5.12. The van der Waals surface area contributed by atoms with Crippen LogP contribution in [-0.4, -0.2) is 55.2 Å². The maximum atomic E-state index is 12.0. The van der Waals surface area contributed by atoms with E-state index in [4.69, 9.17) is 10.00 Å². The highest BCUT2D eigenvalue weighted by Crippen LogP contribution is 1.97. The van der Waals surface area contributed by atoms with Gasteiger partial charge in [-0.05, 0) is 11.6 Å². The molecule has 7 nitrogen and oxygen atoms in total. The minimum atomic E-state index is -0.362. The molecule has 2 heterocycles. The van der Waals surface area contributed by atoms with Crippen molar-refractivity contribution in [2.75, 3.05) is 39.4 Å². The van der Waals surface area contributed by atoms with Gasteiger partial charge in [-0.3, -0.25) is 14.7 Å². The molecule has 0 atom stereocenters. The maximum Gasteiger partial charge on any atom is 0.263 e. The van der Waals surface area contributed by atoms with Gasteiger partial charge in [-0.25, -0.2) is 0 Å². The molecular formula is C16H21N5O2. The molecule has 1 fully saturated rings. The monoisotopic (exact) mass is 315 g/mol. The second-order valence-electron chi connectivity index (χ2n) is 5.12. The first-order chi connectivity index (χ1) is 11.3. The van der Waals surface area contributed by atoms with E-state index in [1.165, 1.54) is 6.20 Å². The van der Waals surface area contributed by atoms with Gasteiger partial charge in [0.25, 0.3) is 5.91 Å². The summed E-state index contributed by atoms with van der Waals surface area (Å²) >= 11 is 0. The quantitative estimate of drug-likeness (QED) is 0.545. The number of nitrogens with zero attached hydrogens (tertiary/aromatic N) is 3. The van der Waals surface area contributed by atoms with Gasteiger partial charge < -0.3 is 15.4 Å². The Morgan fingerprint density at radius 3 is 3.00 bits per heavy atom. The molecule has 122 valence electrons. The molecule has 1 saturated heterocycles. The van der Waals surface area contributed by atoms with Crippen LogP contribution in [0.15, 0.2) is 36.3 Å². The van der Waals surface area contributed by atoms with Gasteiger partial charge in [-0.15, -0.1) is 0 Å². The van der Waals surface area contributed by atoms with Gasteiger partial charge in [0.2, 0.25) is 0 Å². The molecule has 0 bridgehead atoms. The second kappa shape index (κ2) is 9.56. The van der Waals surface area contributed by atoms with E-state index >= 15 is 0 Å². The molecule has 7 heteroatoms. The molecule has 0 unspecified atom stereocenters. The minimum Gasteiger partial charge on any atom is -0.386 e. The van der Waals surface area contributed by atoms with E-state index in [1.807, 2.05) is 18.2 Å². The summed E-state index contributed by atoms with van der Waals surface area (Å²) in [7, 11) is 0. The largest absolute Gasteiger partial charge is 0.386 e. The first-order valence-electron chi connectivity index (χ1n) is 7.60. The summed E-state index contributed by atoms with van der Waals surface area (Å²) in [5.41, 5.74) is 1.05. The molecule has 0 aromatic carbocycles. The van der Waals surface area contributed by atoms with Crippen LogP contribution in [-0.2, 0) is 16.1 Å². The van der Waals surface area contributed by atoms with Crippen molar-refractivity contribution in [3.8, 4) is 6.07 Å². The number of hydrogen-bond acceptors (Lipinski definition) is 6. The van der Waals surface area contributed by atoms with Gasteiger partial charge in [0.05, 0.1) is 13.2 Å². The summed E-state index contributed by atoms with van der Waals surface area (Å²) in [5, 5.41) is 14.8. The third-order valence-corrected chi connectivity index (χ3v) is 3.46. The zero-order valence-electron chi connectivity index (χ0n) is 13.0. The number of amides is 1. The highest BCUT2D eigenvalue weighted by molar-refractivity contribution is 5.97. The standard InChI is InChI=1S/C16H21N5O2/c17-10-15(13-19-12-14-2-1-3-18-11-14)16(22)20-4-5-21-6-8-23-9-7-21/h1-3,11,13,19H,4-9,12H2,(H,20,22)/b15-13-. The van der Waals surface area contributed by atoms with E-state index in [-0.39, 0.29) is 11.5 Å². The number of morpholine rings is 1. The fraction of sp³-hybridized carbons (Fsp3) is 0.438. The number of nitrogens with one attached hydrogen (secondary N) is 2. The lowest BCUT2D eigenvalue weighted by atomic mass is 10.2. The van der Waals surface area contributed by atoms with E-state index in [1.54, 1.807) is 12.4 Å². The highest BCUT2D eigenvalue weighted by atomic mass is 16.5. The molecule has 0 aliphatic carbocycles. The zero-order chi connectivity index (χ0) is 16.3. The minimum absolute atomic E-state index is 0.0656. The zero-order valence-corrected chi connectivity index (χ0v) is 13.0. The van der Waals surface area contributed by atoms with Crippen molar-refractivity contribution < 1.29 is 9.53 Å². The molecule has 0 radical (unpaired) electrons. The molecule has 1 aromatic rings. The van der Waals surface area contributed by atoms with Gasteiger partial charge in [0.1, 0.15) is 11.6 Å². The van der Waals surface area contributed by atoms with Crippen LogP contribution in [0, 0.1) is 11.3 Å². The Labute approximate surface area is 135 Å². The number of carbonyl (C=O) groups is 1. The number of hydrogen-bond donors (Lipinski definition) is 2. The molecule has 1 aliphatic heterocycles. The van der Waals surface area contributed by atoms with Crippen LogP contribution >= 0.6 is 0 Å². The van der Waals surface area contributed by atoms with Gasteiger partial charge >= 0.3 is 0 Å². The normalized spacial score (nSPS) is 15.7.